The molecule has 1 aliphatic rings. The normalized spacial score (nSPS) is 31.7. The summed E-state index contributed by atoms with van der Waals surface area (Å²) in [6.45, 7) is -0.291. The summed E-state index contributed by atoms with van der Waals surface area (Å²) in [4.78, 5) is 0. The zero-order valence-electron chi connectivity index (χ0n) is 7.28. The Labute approximate surface area is 48.7 Å². The molecule has 0 bridgehead atoms. The molecular weight excluding hydrogens is 88.1 g/mol. The smallest absolute Gasteiger partial charge is 0.0406 e. The lowest BCUT2D eigenvalue weighted by Gasteiger charge is -2.10. The Kier molecular flexibility index (Phi) is 0.804. The molecule has 0 aliphatic carbocycles. The molecular formula is C5H12N2. The molecule has 0 spiro atoms. The highest BCUT2D eigenvalue weighted by Gasteiger charge is 2.06. The third-order valence-electron chi connectivity index (χ3n) is 1.26. The summed E-state index contributed by atoms with van der Waals surface area (Å²) in [7, 11) is 0. The van der Waals surface area contributed by atoms with Crippen LogP contribution in [0.25, 0.3) is 0 Å². The molecule has 42 valence electrons. The number of hydrogen-bond donors (Lipinski definition) is 1. The van der Waals surface area contributed by atoms with E-state index in [-0.39, 0.29) is 0 Å². The van der Waals surface area contributed by atoms with E-state index in [0.717, 1.165) is 25.9 Å². The summed E-state index contributed by atoms with van der Waals surface area (Å²) in [5, 5.41) is 1.76. The highest BCUT2D eigenvalue weighted by atomic mass is 15.5. The van der Waals surface area contributed by atoms with Gasteiger partial charge in [-0.2, -0.15) is 0 Å². The Morgan fingerprint density at radius 1 is 1.57 bits per heavy atom. The summed E-state index contributed by atoms with van der Waals surface area (Å²) in [6.07, 6.45) is 2.20. The standard InChI is InChI=1S/C5H12N2/c1-6-7-4-2-3-5-7/h6H,2-5H2,1H3/i1D3. The highest BCUT2D eigenvalue weighted by molar-refractivity contribution is 4.59. The molecule has 1 fully saturated rings. The summed E-state index contributed by atoms with van der Waals surface area (Å²) in [6, 6.07) is 0. The molecule has 1 rings (SSSR count). The second-order valence-electron chi connectivity index (χ2n) is 1.81. The molecule has 1 N–H and O–H groups in total. The third kappa shape index (κ3) is 1.14. The first-order valence-electron chi connectivity index (χ1n) is 4.11. The van der Waals surface area contributed by atoms with Gasteiger partial charge >= 0.3 is 0 Å². The number of rotatable bonds is 1. The predicted octanol–water partition coefficient (Wildman–Crippen LogP) is 0.217. The average molecular weight is 103 g/mol. The van der Waals surface area contributed by atoms with Crippen LogP contribution in [0, 0.1) is 0 Å². The largest absolute Gasteiger partial charge is 0.258 e. The van der Waals surface area contributed by atoms with Gasteiger partial charge in [-0.25, -0.2) is 5.01 Å². The number of hydrogen-bond acceptors (Lipinski definition) is 2. The van der Waals surface area contributed by atoms with Crippen LogP contribution in [0.15, 0.2) is 0 Å². The van der Waals surface area contributed by atoms with Crippen LogP contribution in [0.5, 0.6) is 0 Å². The molecule has 0 aromatic carbocycles. The van der Waals surface area contributed by atoms with Gasteiger partial charge in [0.15, 0.2) is 0 Å². The highest BCUT2D eigenvalue weighted by Crippen LogP contribution is 2.01. The molecule has 2 heteroatoms. The van der Waals surface area contributed by atoms with E-state index in [4.69, 9.17) is 4.11 Å². The molecule has 0 saturated carbocycles. The molecule has 0 aromatic rings. The van der Waals surface area contributed by atoms with E-state index in [1.54, 1.807) is 5.01 Å². The van der Waals surface area contributed by atoms with Gasteiger partial charge in [0.1, 0.15) is 0 Å². The van der Waals surface area contributed by atoms with Crippen molar-refractivity contribution in [1.82, 2.24) is 10.4 Å². The maximum Gasteiger partial charge on any atom is 0.0406 e. The van der Waals surface area contributed by atoms with Gasteiger partial charge in [-0.15, -0.1) is 0 Å². The minimum absolute atomic E-state index is 0.860. The zero-order valence-corrected chi connectivity index (χ0v) is 4.28. The van der Waals surface area contributed by atoms with E-state index in [2.05, 4.69) is 5.43 Å². The number of nitrogens with zero attached hydrogens (tertiary/aromatic N) is 1. The predicted molar refractivity (Wildman–Crippen MR) is 29.9 cm³/mol. The lowest BCUT2D eigenvalue weighted by Crippen LogP contribution is -2.31. The van der Waals surface area contributed by atoms with Gasteiger partial charge in [0.25, 0.3) is 0 Å². The van der Waals surface area contributed by atoms with Crippen molar-refractivity contribution in [2.45, 2.75) is 12.8 Å². The van der Waals surface area contributed by atoms with Crippen LogP contribution in [-0.2, 0) is 0 Å². The quantitative estimate of drug-likeness (QED) is 0.510. The van der Waals surface area contributed by atoms with Crippen molar-refractivity contribution in [3.05, 3.63) is 0 Å². The SMILES string of the molecule is [2H]C([2H])([2H])NN1CCCC1. The molecule has 7 heavy (non-hydrogen) atoms. The lowest BCUT2D eigenvalue weighted by atomic mass is 10.4. The van der Waals surface area contributed by atoms with Crippen LogP contribution in [0.1, 0.15) is 17.0 Å². The Morgan fingerprint density at radius 3 is 2.86 bits per heavy atom. The summed E-state index contributed by atoms with van der Waals surface area (Å²) in [5.74, 6) is 0. The number of nitrogens with one attached hydrogen (secondary N) is 1. The van der Waals surface area contributed by atoms with Crippen LogP contribution in [-0.4, -0.2) is 25.1 Å². The average Bonchev–Trinajstić information content (AvgIpc) is 2.12. The van der Waals surface area contributed by atoms with E-state index < -0.39 is 6.98 Å². The topological polar surface area (TPSA) is 15.3 Å². The van der Waals surface area contributed by atoms with Crippen molar-refractivity contribution < 1.29 is 4.11 Å². The van der Waals surface area contributed by atoms with Crippen LogP contribution < -0.4 is 5.43 Å². The first-order chi connectivity index (χ1) is 4.58. The summed E-state index contributed by atoms with van der Waals surface area (Å²) < 4.78 is 20.6. The maximum absolute atomic E-state index is 6.88. The van der Waals surface area contributed by atoms with E-state index in [0.29, 0.717) is 0 Å². The van der Waals surface area contributed by atoms with Crippen molar-refractivity contribution in [2.75, 3.05) is 20.1 Å². The maximum atomic E-state index is 6.88. The lowest BCUT2D eigenvalue weighted by molar-refractivity contribution is 0.262. The summed E-state index contributed by atoms with van der Waals surface area (Å²) >= 11 is 0. The fourth-order valence-electron chi connectivity index (χ4n) is 0.829. The van der Waals surface area contributed by atoms with Gasteiger partial charge in [-0.05, 0) is 19.8 Å². The van der Waals surface area contributed by atoms with Gasteiger partial charge < -0.3 is 0 Å². The fraction of sp³-hybridized carbons (Fsp3) is 1.00. The first-order valence-corrected chi connectivity index (χ1v) is 2.61. The van der Waals surface area contributed by atoms with Crippen LogP contribution in [0.3, 0.4) is 0 Å². The molecule has 0 amide bonds. The van der Waals surface area contributed by atoms with E-state index >= 15 is 0 Å². The molecule has 0 aromatic heterocycles. The van der Waals surface area contributed by atoms with Crippen molar-refractivity contribution in [1.29, 1.82) is 0 Å². The monoisotopic (exact) mass is 103 g/mol. The molecule has 2 nitrogen and oxygen atoms in total. The first kappa shape index (κ1) is 2.46. The van der Waals surface area contributed by atoms with E-state index in [9.17, 15) is 0 Å². The molecule has 0 unspecified atom stereocenters. The van der Waals surface area contributed by atoms with Gasteiger partial charge in [0.2, 0.25) is 0 Å². The Bertz CT molecular complexity index is 106. The molecule has 1 aliphatic heterocycles. The minimum atomic E-state index is -2.01. The van der Waals surface area contributed by atoms with Crippen LogP contribution >= 0.6 is 0 Å². The Morgan fingerprint density at radius 2 is 2.29 bits per heavy atom. The fourth-order valence-corrected chi connectivity index (χ4v) is 0.829. The van der Waals surface area contributed by atoms with Crippen molar-refractivity contribution >= 4 is 0 Å². The van der Waals surface area contributed by atoms with Crippen molar-refractivity contribution in [2.24, 2.45) is 0 Å². The van der Waals surface area contributed by atoms with E-state index in [1.807, 2.05) is 0 Å². The van der Waals surface area contributed by atoms with Crippen molar-refractivity contribution in [3.8, 4) is 0 Å². The van der Waals surface area contributed by atoms with Gasteiger partial charge in [0, 0.05) is 17.2 Å². The summed E-state index contributed by atoms with van der Waals surface area (Å²) in [5.41, 5.74) is 2.45. The molecule has 0 radical (unpaired) electrons. The van der Waals surface area contributed by atoms with Gasteiger partial charge in [-0.3, -0.25) is 5.43 Å². The Hall–Kier alpha value is -0.0800. The molecule has 1 heterocycles. The number of hydrazine groups is 1. The van der Waals surface area contributed by atoms with Crippen LogP contribution in [0.2, 0.25) is 0 Å². The second kappa shape index (κ2) is 2.28. The van der Waals surface area contributed by atoms with E-state index in [1.165, 1.54) is 0 Å². The second-order valence-corrected chi connectivity index (χ2v) is 1.81. The zero-order chi connectivity index (χ0) is 7.61. The molecule has 0 atom stereocenters. The minimum Gasteiger partial charge on any atom is -0.258 e. The van der Waals surface area contributed by atoms with Crippen molar-refractivity contribution in [3.63, 3.8) is 0 Å². The third-order valence-corrected chi connectivity index (χ3v) is 1.26. The van der Waals surface area contributed by atoms with Gasteiger partial charge in [-0.1, -0.05) is 0 Å². The van der Waals surface area contributed by atoms with Gasteiger partial charge in [0.05, 0.1) is 0 Å². The van der Waals surface area contributed by atoms with Crippen LogP contribution in [0.4, 0.5) is 0 Å². The Balaban J connectivity index is 2.24. The molecule has 1 saturated heterocycles.